The fourth-order valence-electron chi connectivity index (χ4n) is 4.40. The number of carbonyl (C=O) groups excluding carboxylic acids is 1. The van der Waals surface area contributed by atoms with Gasteiger partial charge in [0, 0.05) is 24.7 Å². The molecule has 0 bridgehead atoms. The van der Waals surface area contributed by atoms with Crippen LogP contribution < -0.4 is 19.9 Å². The molecule has 4 heterocycles. The number of anilines is 4. The van der Waals surface area contributed by atoms with Gasteiger partial charge in [0.1, 0.15) is 18.1 Å². The van der Waals surface area contributed by atoms with Crippen LogP contribution in [0.15, 0.2) is 36.7 Å². The minimum absolute atomic E-state index is 0.0106. The molecule has 5 rings (SSSR count). The lowest BCUT2D eigenvalue weighted by Crippen LogP contribution is -2.48. The molecule has 9 nitrogen and oxygen atoms in total. The summed E-state index contributed by atoms with van der Waals surface area (Å²) < 4.78 is 35.2. The van der Waals surface area contributed by atoms with E-state index >= 15 is 0 Å². The average Bonchev–Trinajstić information content (AvgIpc) is 2.85. The van der Waals surface area contributed by atoms with E-state index in [1.54, 1.807) is 29.3 Å². The maximum Gasteiger partial charge on any atom is 0.241 e. The predicted molar refractivity (Wildman–Crippen MR) is 133 cm³/mol. The predicted octanol–water partition coefficient (Wildman–Crippen LogP) is 3.45. The van der Waals surface area contributed by atoms with Gasteiger partial charge in [-0.15, -0.1) is 0 Å². The van der Waals surface area contributed by atoms with Crippen LogP contribution in [-0.4, -0.2) is 71.6 Å². The SMILES string of the molecule is CC(C)N1CCOc2c(F)cc(-c3nc(Nc4ccc(N5CCN(C)CC5=O)cn4)ncc3F)cc21. The van der Waals surface area contributed by atoms with E-state index in [4.69, 9.17) is 4.74 Å². The highest BCUT2D eigenvalue weighted by Crippen LogP contribution is 2.39. The number of pyridine rings is 1. The number of halogens is 2. The van der Waals surface area contributed by atoms with Gasteiger partial charge in [-0.2, -0.15) is 0 Å². The van der Waals surface area contributed by atoms with Crippen molar-refractivity contribution in [3.63, 3.8) is 0 Å². The molecule has 1 N–H and O–H groups in total. The summed E-state index contributed by atoms with van der Waals surface area (Å²) in [6.45, 7) is 6.72. The zero-order valence-corrected chi connectivity index (χ0v) is 20.3. The Hall–Kier alpha value is -3.86. The molecule has 0 aliphatic carbocycles. The van der Waals surface area contributed by atoms with Gasteiger partial charge in [-0.25, -0.2) is 23.7 Å². The summed E-state index contributed by atoms with van der Waals surface area (Å²) in [7, 11) is 1.91. The van der Waals surface area contributed by atoms with E-state index in [1.165, 1.54) is 6.07 Å². The molecule has 2 aliphatic rings. The Kier molecular flexibility index (Phi) is 6.40. The highest BCUT2D eigenvalue weighted by Gasteiger charge is 2.26. The van der Waals surface area contributed by atoms with Crippen LogP contribution in [0.25, 0.3) is 11.3 Å². The molecular formula is C25H27F2N7O2. The number of ether oxygens (including phenoxy) is 1. The molecule has 2 aliphatic heterocycles. The van der Waals surface area contributed by atoms with Crippen molar-refractivity contribution in [2.75, 3.05) is 55.0 Å². The van der Waals surface area contributed by atoms with Crippen LogP contribution in [0.3, 0.4) is 0 Å². The van der Waals surface area contributed by atoms with Crippen LogP contribution in [0.1, 0.15) is 13.8 Å². The lowest BCUT2D eigenvalue weighted by atomic mass is 10.1. The van der Waals surface area contributed by atoms with E-state index in [9.17, 15) is 13.6 Å². The number of aromatic nitrogens is 3. The number of hydrogen-bond acceptors (Lipinski definition) is 8. The quantitative estimate of drug-likeness (QED) is 0.576. The Morgan fingerprint density at radius 3 is 2.61 bits per heavy atom. The van der Waals surface area contributed by atoms with Gasteiger partial charge in [0.25, 0.3) is 0 Å². The average molecular weight is 496 g/mol. The van der Waals surface area contributed by atoms with E-state index in [1.807, 2.05) is 30.7 Å². The molecule has 0 radical (unpaired) electrons. The molecule has 2 aromatic heterocycles. The van der Waals surface area contributed by atoms with Gasteiger partial charge < -0.3 is 19.9 Å². The lowest BCUT2D eigenvalue weighted by molar-refractivity contribution is -0.120. The molecule has 1 fully saturated rings. The van der Waals surface area contributed by atoms with Crippen molar-refractivity contribution in [2.24, 2.45) is 0 Å². The monoisotopic (exact) mass is 495 g/mol. The van der Waals surface area contributed by atoms with Crippen molar-refractivity contribution in [3.05, 3.63) is 48.3 Å². The Morgan fingerprint density at radius 1 is 1.06 bits per heavy atom. The first-order valence-electron chi connectivity index (χ1n) is 11.8. The number of likely N-dealkylation sites (N-methyl/N-ethyl adjacent to an activating group) is 1. The zero-order valence-electron chi connectivity index (χ0n) is 20.3. The van der Waals surface area contributed by atoms with Gasteiger partial charge in [0.2, 0.25) is 11.9 Å². The minimum atomic E-state index is -0.676. The largest absolute Gasteiger partial charge is 0.486 e. The first-order chi connectivity index (χ1) is 17.3. The topological polar surface area (TPSA) is 86.7 Å². The van der Waals surface area contributed by atoms with Crippen molar-refractivity contribution in [2.45, 2.75) is 19.9 Å². The van der Waals surface area contributed by atoms with Gasteiger partial charge in [-0.1, -0.05) is 0 Å². The number of piperazine rings is 1. The minimum Gasteiger partial charge on any atom is -0.486 e. The molecule has 36 heavy (non-hydrogen) atoms. The molecule has 1 aromatic carbocycles. The van der Waals surface area contributed by atoms with E-state index in [-0.39, 0.29) is 34.9 Å². The third-order valence-corrected chi connectivity index (χ3v) is 6.26. The number of fused-ring (bicyclic) bond motifs is 1. The Balaban J connectivity index is 1.40. The zero-order chi connectivity index (χ0) is 25.4. The van der Waals surface area contributed by atoms with Crippen LogP contribution in [0.4, 0.5) is 31.9 Å². The molecule has 0 saturated carbocycles. The van der Waals surface area contributed by atoms with Crippen LogP contribution in [0.5, 0.6) is 5.75 Å². The van der Waals surface area contributed by atoms with E-state index in [0.717, 1.165) is 12.7 Å². The maximum atomic E-state index is 14.9. The fraction of sp³-hybridized carbons (Fsp3) is 0.360. The first kappa shape index (κ1) is 23.9. The van der Waals surface area contributed by atoms with Gasteiger partial charge in [0.05, 0.1) is 36.9 Å². The summed E-state index contributed by atoms with van der Waals surface area (Å²) in [5, 5.41) is 2.95. The number of amides is 1. The van der Waals surface area contributed by atoms with Gasteiger partial charge in [0.15, 0.2) is 17.4 Å². The number of nitrogens with one attached hydrogen (secondary N) is 1. The summed E-state index contributed by atoms with van der Waals surface area (Å²) in [6.07, 6.45) is 2.63. The van der Waals surface area contributed by atoms with E-state index < -0.39 is 11.6 Å². The van der Waals surface area contributed by atoms with Crippen molar-refractivity contribution in [1.29, 1.82) is 0 Å². The third-order valence-electron chi connectivity index (χ3n) is 6.26. The number of rotatable bonds is 5. The van der Waals surface area contributed by atoms with Crippen LogP contribution in [-0.2, 0) is 4.79 Å². The van der Waals surface area contributed by atoms with Crippen LogP contribution in [0.2, 0.25) is 0 Å². The second-order valence-corrected chi connectivity index (χ2v) is 9.14. The Labute approximate surface area is 207 Å². The first-order valence-corrected chi connectivity index (χ1v) is 11.8. The summed E-state index contributed by atoms with van der Waals surface area (Å²) >= 11 is 0. The molecule has 3 aromatic rings. The van der Waals surface area contributed by atoms with Crippen molar-refractivity contribution >= 4 is 29.0 Å². The molecule has 0 unspecified atom stereocenters. The molecule has 0 atom stereocenters. The van der Waals surface area contributed by atoms with Gasteiger partial charge in [-0.05, 0) is 45.2 Å². The fourth-order valence-corrected chi connectivity index (χ4v) is 4.40. The standard InChI is InChI=1S/C25H27F2N7O2/c1-15(2)33-8-9-36-24-18(26)10-16(11-20(24)33)23-19(27)13-29-25(31-23)30-21-5-4-17(12-28-21)34-7-6-32(3)14-22(34)35/h4-5,10-13,15H,6-9,14H2,1-3H3,(H,28,29,30,31). The highest BCUT2D eigenvalue weighted by molar-refractivity contribution is 5.95. The smallest absolute Gasteiger partial charge is 0.241 e. The van der Waals surface area contributed by atoms with Gasteiger partial charge >= 0.3 is 0 Å². The van der Waals surface area contributed by atoms with Crippen LogP contribution in [0, 0.1) is 11.6 Å². The molecule has 188 valence electrons. The molecule has 1 amide bonds. The summed E-state index contributed by atoms with van der Waals surface area (Å²) in [5.74, 6) is -0.543. The molecular weight excluding hydrogens is 468 g/mol. The number of nitrogens with zero attached hydrogens (tertiary/aromatic N) is 6. The van der Waals surface area contributed by atoms with E-state index in [0.29, 0.717) is 43.4 Å². The number of benzene rings is 1. The molecule has 0 spiro atoms. The highest BCUT2D eigenvalue weighted by atomic mass is 19.1. The second kappa shape index (κ2) is 9.65. The second-order valence-electron chi connectivity index (χ2n) is 9.14. The summed E-state index contributed by atoms with van der Waals surface area (Å²) in [4.78, 5) is 30.6. The third kappa shape index (κ3) is 4.66. The normalized spacial score (nSPS) is 16.2. The van der Waals surface area contributed by atoms with Crippen molar-refractivity contribution < 1.29 is 18.3 Å². The van der Waals surface area contributed by atoms with Crippen molar-refractivity contribution in [1.82, 2.24) is 19.9 Å². The van der Waals surface area contributed by atoms with Gasteiger partial charge in [-0.3, -0.25) is 9.69 Å². The summed E-state index contributed by atoms with van der Waals surface area (Å²) in [5.41, 5.74) is 1.50. The molecule has 1 saturated heterocycles. The maximum absolute atomic E-state index is 14.9. The lowest BCUT2D eigenvalue weighted by Gasteiger charge is -2.34. The molecule has 11 heteroatoms. The Bertz CT molecular complexity index is 1290. The van der Waals surface area contributed by atoms with Crippen LogP contribution >= 0.6 is 0 Å². The number of hydrogen-bond donors (Lipinski definition) is 1. The number of carbonyl (C=O) groups is 1. The van der Waals surface area contributed by atoms with E-state index in [2.05, 4.69) is 20.3 Å². The summed E-state index contributed by atoms with van der Waals surface area (Å²) in [6, 6.07) is 6.50. The Morgan fingerprint density at radius 2 is 1.89 bits per heavy atom. The van der Waals surface area contributed by atoms with Crippen molar-refractivity contribution in [3.8, 4) is 17.0 Å².